The van der Waals surface area contributed by atoms with Gasteiger partial charge in [0.2, 0.25) is 5.91 Å². The van der Waals surface area contributed by atoms with Crippen molar-refractivity contribution in [3.05, 3.63) is 63.5 Å². The van der Waals surface area contributed by atoms with Gasteiger partial charge in [0.15, 0.2) is 5.78 Å². The first-order chi connectivity index (χ1) is 12.6. The number of anilines is 1. The molecule has 2 aliphatic rings. The molecule has 4 rings (SSSR count). The Morgan fingerprint density at radius 3 is 2.65 bits per heavy atom. The van der Waals surface area contributed by atoms with Gasteiger partial charge in [-0.15, -0.1) is 11.3 Å². The summed E-state index contributed by atoms with van der Waals surface area (Å²) in [6.45, 7) is 0. The average Bonchev–Trinajstić information content (AvgIpc) is 3.15. The van der Waals surface area contributed by atoms with Crippen molar-refractivity contribution in [3.63, 3.8) is 0 Å². The lowest BCUT2D eigenvalue weighted by Crippen LogP contribution is -2.41. The van der Waals surface area contributed by atoms with Crippen molar-refractivity contribution < 1.29 is 14.4 Å². The Morgan fingerprint density at radius 2 is 1.92 bits per heavy atom. The second kappa shape index (κ2) is 6.53. The van der Waals surface area contributed by atoms with Gasteiger partial charge in [0.25, 0.3) is 5.91 Å². The van der Waals surface area contributed by atoms with Gasteiger partial charge in [-0.3, -0.25) is 19.3 Å². The largest absolute Gasteiger partial charge is 0.366 e. The van der Waals surface area contributed by atoms with E-state index >= 15 is 0 Å². The minimum atomic E-state index is -0.585. The SMILES string of the molecule is NC(=O)c1ccccc1N1C(=O)CC(c2cccs2)C2=C1CCCC2=O. The van der Waals surface area contributed by atoms with Crippen LogP contribution >= 0.6 is 11.3 Å². The Kier molecular flexibility index (Phi) is 4.20. The molecule has 2 heterocycles. The van der Waals surface area contributed by atoms with Gasteiger partial charge in [0, 0.05) is 34.9 Å². The molecule has 26 heavy (non-hydrogen) atoms. The average molecular weight is 366 g/mol. The van der Waals surface area contributed by atoms with E-state index in [-0.39, 0.29) is 24.0 Å². The summed E-state index contributed by atoms with van der Waals surface area (Å²) in [4.78, 5) is 40.3. The van der Waals surface area contributed by atoms with Crippen LogP contribution in [0, 0.1) is 0 Å². The lowest BCUT2D eigenvalue weighted by atomic mass is 9.79. The molecule has 132 valence electrons. The number of allylic oxidation sites excluding steroid dienone is 2. The van der Waals surface area contributed by atoms with E-state index in [0.29, 0.717) is 30.5 Å². The Morgan fingerprint density at radius 1 is 1.12 bits per heavy atom. The number of amides is 2. The van der Waals surface area contributed by atoms with Gasteiger partial charge < -0.3 is 5.73 Å². The molecule has 0 radical (unpaired) electrons. The smallest absolute Gasteiger partial charge is 0.250 e. The highest BCUT2D eigenvalue weighted by molar-refractivity contribution is 7.10. The third kappa shape index (κ3) is 2.66. The molecule has 0 saturated carbocycles. The quantitative estimate of drug-likeness (QED) is 0.904. The topological polar surface area (TPSA) is 80.5 Å². The standard InChI is InChI=1S/C20H18N2O3S/c21-20(25)12-5-1-2-6-14(12)22-15-7-3-8-16(23)19(15)13(11-18(22)24)17-9-4-10-26-17/h1-2,4-6,9-10,13H,3,7-8,11H2,(H2,21,25). The van der Waals surface area contributed by atoms with E-state index < -0.39 is 5.91 Å². The second-order valence-electron chi connectivity index (χ2n) is 6.52. The van der Waals surface area contributed by atoms with Gasteiger partial charge in [0.1, 0.15) is 0 Å². The fourth-order valence-electron chi connectivity index (χ4n) is 3.88. The lowest BCUT2D eigenvalue weighted by molar-refractivity contribution is -0.119. The minimum Gasteiger partial charge on any atom is -0.366 e. The number of Topliss-reactive ketones (excluding diaryl/α,β-unsaturated/α-hetero) is 1. The minimum absolute atomic E-state index is 0.0960. The van der Waals surface area contributed by atoms with Crippen molar-refractivity contribution in [1.82, 2.24) is 0 Å². The van der Waals surface area contributed by atoms with Crippen LogP contribution in [-0.4, -0.2) is 17.6 Å². The predicted molar refractivity (Wildman–Crippen MR) is 100 cm³/mol. The van der Waals surface area contributed by atoms with Crippen molar-refractivity contribution >= 4 is 34.6 Å². The lowest BCUT2D eigenvalue weighted by Gasteiger charge is -2.38. The molecule has 1 aliphatic heterocycles. The second-order valence-corrected chi connectivity index (χ2v) is 7.50. The number of benzene rings is 1. The maximum absolute atomic E-state index is 13.1. The predicted octanol–water partition coefficient (Wildman–Crippen LogP) is 3.37. The van der Waals surface area contributed by atoms with E-state index in [1.54, 1.807) is 40.5 Å². The van der Waals surface area contributed by atoms with Crippen LogP contribution in [-0.2, 0) is 9.59 Å². The Labute approximate surface area is 155 Å². The zero-order valence-corrected chi connectivity index (χ0v) is 14.9. The number of hydrogen-bond acceptors (Lipinski definition) is 4. The molecule has 2 aromatic rings. The summed E-state index contributed by atoms with van der Waals surface area (Å²) in [7, 11) is 0. The Balaban J connectivity index is 1.91. The van der Waals surface area contributed by atoms with Crippen LogP contribution in [0.2, 0.25) is 0 Å². The number of nitrogens with two attached hydrogens (primary N) is 1. The molecular formula is C20H18N2O3S. The van der Waals surface area contributed by atoms with Gasteiger partial charge in [-0.1, -0.05) is 18.2 Å². The summed E-state index contributed by atoms with van der Waals surface area (Å²) in [6, 6.07) is 10.7. The first-order valence-electron chi connectivity index (χ1n) is 8.59. The molecule has 6 heteroatoms. The molecule has 1 atom stereocenters. The van der Waals surface area contributed by atoms with Crippen LogP contribution < -0.4 is 10.6 Å². The molecule has 0 saturated heterocycles. The molecule has 0 fully saturated rings. The number of ketones is 1. The number of carbonyl (C=O) groups is 3. The van der Waals surface area contributed by atoms with E-state index in [4.69, 9.17) is 5.73 Å². The molecule has 1 aromatic carbocycles. The highest BCUT2D eigenvalue weighted by Gasteiger charge is 2.40. The van der Waals surface area contributed by atoms with Crippen molar-refractivity contribution in [2.45, 2.75) is 31.6 Å². The van der Waals surface area contributed by atoms with Crippen molar-refractivity contribution in [1.29, 1.82) is 0 Å². The van der Waals surface area contributed by atoms with Gasteiger partial charge >= 0.3 is 0 Å². The highest BCUT2D eigenvalue weighted by atomic mass is 32.1. The monoisotopic (exact) mass is 366 g/mol. The molecular weight excluding hydrogens is 348 g/mol. The molecule has 0 spiro atoms. The first kappa shape index (κ1) is 16.7. The van der Waals surface area contributed by atoms with E-state index in [1.165, 1.54) is 0 Å². The van der Waals surface area contributed by atoms with Gasteiger partial charge in [-0.2, -0.15) is 0 Å². The Bertz CT molecular complexity index is 930. The maximum Gasteiger partial charge on any atom is 0.250 e. The third-order valence-electron chi connectivity index (χ3n) is 4.97. The summed E-state index contributed by atoms with van der Waals surface area (Å²) in [5, 5.41) is 1.96. The molecule has 1 aliphatic carbocycles. The third-order valence-corrected chi connectivity index (χ3v) is 5.96. The first-order valence-corrected chi connectivity index (χ1v) is 9.47. The number of thiophene rings is 1. The number of carbonyl (C=O) groups excluding carboxylic acids is 3. The molecule has 2 N–H and O–H groups in total. The molecule has 0 bridgehead atoms. The summed E-state index contributed by atoms with van der Waals surface area (Å²) >= 11 is 1.56. The zero-order valence-electron chi connectivity index (χ0n) is 14.1. The normalized spacial score (nSPS) is 20.3. The number of nitrogens with zero attached hydrogens (tertiary/aromatic N) is 1. The fourth-order valence-corrected chi connectivity index (χ4v) is 4.72. The van der Waals surface area contributed by atoms with Crippen molar-refractivity contribution in [2.75, 3.05) is 4.90 Å². The van der Waals surface area contributed by atoms with E-state index in [1.807, 2.05) is 17.5 Å². The van der Waals surface area contributed by atoms with Crippen LogP contribution in [0.15, 0.2) is 53.0 Å². The van der Waals surface area contributed by atoms with E-state index in [9.17, 15) is 14.4 Å². The number of primary amides is 1. The van der Waals surface area contributed by atoms with Gasteiger partial charge in [-0.25, -0.2) is 0 Å². The van der Waals surface area contributed by atoms with E-state index in [0.717, 1.165) is 16.1 Å². The molecule has 2 amide bonds. The van der Waals surface area contributed by atoms with Crippen molar-refractivity contribution in [2.24, 2.45) is 5.73 Å². The number of para-hydroxylation sites is 1. The summed E-state index contributed by atoms with van der Waals surface area (Å²) in [6.07, 6.45) is 2.07. The van der Waals surface area contributed by atoms with Crippen LogP contribution in [0.5, 0.6) is 0 Å². The summed E-state index contributed by atoms with van der Waals surface area (Å²) in [5.41, 5.74) is 7.72. The highest BCUT2D eigenvalue weighted by Crippen LogP contribution is 2.44. The molecule has 1 unspecified atom stereocenters. The van der Waals surface area contributed by atoms with Crippen LogP contribution in [0.3, 0.4) is 0 Å². The van der Waals surface area contributed by atoms with Gasteiger partial charge in [-0.05, 0) is 36.4 Å². The number of rotatable bonds is 3. The number of hydrogen-bond donors (Lipinski definition) is 1. The molecule has 1 aromatic heterocycles. The summed E-state index contributed by atoms with van der Waals surface area (Å²) in [5.74, 6) is -0.787. The Hall–Kier alpha value is -2.73. The van der Waals surface area contributed by atoms with Crippen LogP contribution in [0.1, 0.15) is 46.8 Å². The van der Waals surface area contributed by atoms with Crippen LogP contribution in [0.4, 0.5) is 5.69 Å². The molecule has 5 nitrogen and oxygen atoms in total. The fraction of sp³-hybridized carbons (Fsp3) is 0.250. The summed E-state index contributed by atoms with van der Waals surface area (Å²) < 4.78 is 0. The van der Waals surface area contributed by atoms with Gasteiger partial charge in [0.05, 0.1) is 11.3 Å². The van der Waals surface area contributed by atoms with Crippen molar-refractivity contribution in [3.8, 4) is 0 Å². The van der Waals surface area contributed by atoms with Crippen LogP contribution in [0.25, 0.3) is 0 Å². The zero-order chi connectivity index (χ0) is 18.3. The van der Waals surface area contributed by atoms with E-state index in [2.05, 4.69) is 0 Å². The maximum atomic E-state index is 13.1.